The minimum absolute atomic E-state index is 0.0984. The number of carbonyl (C=O) groups is 1. The lowest BCUT2D eigenvalue weighted by atomic mass is 10.2. The Bertz CT molecular complexity index is 428. The number of hydrogen-bond donors (Lipinski definition) is 1. The standard InChI is InChI=1S/C16H24N2O2S/c1-2-8-17-16(19)15-13-20-11-9-18(15)10-12-21-14-6-4-3-5-7-14/h3-7,15H,2,8-13H2,1H3,(H,17,19). The highest BCUT2D eigenvalue weighted by Crippen LogP contribution is 2.18. The van der Waals surface area contributed by atoms with Crippen molar-refractivity contribution in [3.8, 4) is 0 Å². The van der Waals surface area contributed by atoms with E-state index < -0.39 is 0 Å². The second-order valence-corrected chi connectivity index (χ2v) is 6.25. The Morgan fingerprint density at radius 3 is 3.00 bits per heavy atom. The SMILES string of the molecule is CCCNC(=O)C1COCCN1CCSc1ccccc1. The summed E-state index contributed by atoms with van der Waals surface area (Å²) in [6, 6.07) is 10.2. The summed E-state index contributed by atoms with van der Waals surface area (Å²) < 4.78 is 5.47. The van der Waals surface area contributed by atoms with Crippen LogP contribution in [0.3, 0.4) is 0 Å². The highest BCUT2D eigenvalue weighted by atomic mass is 32.2. The van der Waals surface area contributed by atoms with E-state index >= 15 is 0 Å². The van der Waals surface area contributed by atoms with E-state index in [1.807, 2.05) is 17.8 Å². The molecule has 1 unspecified atom stereocenters. The fourth-order valence-electron chi connectivity index (χ4n) is 2.31. The maximum atomic E-state index is 12.2. The molecule has 116 valence electrons. The van der Waals surface area contributed by atoms with E-state index in [1.165, 1.54) is 4.90 Å². The lowest BCUT2D eigenvalue weighted by Crippen LogP contribution is -2.54. The Morgan fingerprint density at radius 1 is 1.43 bits per heavy atom. The quantitative estimate of drug-likeness (QED) is 0.782. The van der Waals surface area contributed by atoms with Gasteiger partial charge < -0.3 is 10.1 Å². The molecule has 0 aliphatic carbocycles. The number of benzene rings is 1. The van der Waals surface area contributed by atoms with Crippen molar-refractivity contribution in [3.05, 3.63) is 30.3 Å². The summed E-state index contributed by atoms with van der Waals surface area (Å²) in [5.74, 6) is 1.09. The first-order chi connectivity index (χ1) is 10.3. The van der Waals surface area contributed by atoms with Gasteiger partial charge in [0.15, 0.2) is 0 Å². The third-order valence-corrected chi connectivity index (χ3v) is 4.47. The van der Waals surface area contributed by atoms with Gasteiger partial charge in [0, 0.05) is 30.3 Å². The van der Waals surface area contributed by atoms with Crippen LogP contribution < -0.4 is 5.32 Å². The molecule has 0 saturated carbocycles. The van der Waals surface area contributed by atoms with Gasteiger partial charge in [-0.2, -0.15) is 0 Å². The fraction of sp³-hybridized carbons (Fsp3) is 0.562. The van der Waals surface area contributed by atoms with E-state index in [0.29, 0.717) is 13.2 Å². The number of carbonyl (C=O) groups excluding carboxylic acids is 1. The van der Waals surface area contributed by atoms with Gasteiger partial charge >= 0.3 is 0 Å². The Balaban J connectivity index is 1.80. The van der Waals surface area contributed by atoms with Crippen molar-refractivity contribution in [2.45, 2.75) is 24.3 Å². The molecule has 2 rings (SSSR count). The smallest absolute Gasteiger partial charge is 0.239 e. The molecule has 0 spiro atoms. The summed E-state index contributed by atoms with van der Waals surface area (Å²) in [6.45, 7) is 5.76. The van der Waals surface area contributed by atoms with E-state index in [9.17, 15) is 4.79 Å². The van der Waals surface area contributed by atoms with Gasteiger partial charge in [-0.05, 0) is 18.6 Å². The minimum atomic E-state index is -0.137. The second kappa shape index (κ2) is 9.07. The zero-order valence-corrected chi connectivity index (χ0v) is 13.4. The van der Waals surface area contributed by atoms with Crippen molar-refractivity contribution in [2.24, 2.45) is 0 Å². The molecule has 1 N–H and O–H groups in total. The minimum Gasteiger partial charge on any atom is -0.378 e. The van der Waals surface area contributed by atoms with Crippen LogP contribution in [0.15, 0.2) is 35.2 Å². The lowest BCUT2D eigenvalue weighted by molar-refractivity contribution is -0.132. The Labute approximate surface area is 131 Å². The molecule has 1 aliphatic rings. The number of nitrogens with zero attached hydrogens (tertiary/aromatic N) is 1. The molecular weight excluding hydrogens is 284 g/mol. The van der Waals surface area contributed by atoms with Gasteiger partial charge in [0.05, 0.1) is 13.2 Å². The third-order valence-electron chi connectivity index (χ3n) is 3.48. The molecule has 1 aromatic rings. The molecule has 1 aromatic carbocycles. The zero-order valence-electron chi connectivity index (χ0n) is 12.6. The Morgan fingerprint density at radius 2 is 2.24 bits per heavy atom. The topological polar surface area (TPSA) is 41.6 Å². The normalized spacial score (nSPS) is 19.4. The molecule has 1 aliphatic heterocycles. The van der Waals surface area contributed by atoms with Gasteiger partial charge in [0.25, 0.3) is 0 Å². The van der Waals surface area contributed by atoms with Crippen LogP contribution in [-0.2, 0) is 9.53 Å². The molecule has 1 fully saturated rings. The number of rotatable bonds is 7. The maximum absolute atomic E-state index is 12.2. The molecule has 5 heteroatoms. The zero-order chi connectivity index (χ0) is 14.9. The van der Waals surface area contributed by atoms with Gasteiger partial charge in [-0.15, -0.1) is 11.8 Å². The summed E-state index contributed by atoms with van der Waals surface area (Å²) in [6.07, 6.45) is 0.961. The van der Waals surface area contributed by atoms with Crippen LogP contribution in [-0.4, -0.2) is 55.4 Å². The first-order valence-electron chi connectivity index (χ1n) is 7.58. The van der Waals surface area contributed by atoms with Crippen LogP contribution >= 0.6 is 11.8 Å². The molecule has 4 nitrogen and oxygen atoms in total. The van der Waals surface area contributed by atoms with Crippen LogP contribution in [0.4, 0.5) is 0 Å². The number of thioether (sulfide) groups is 1. The molecule has 0 bridgehead atoms. The number of amides is 1. The van der Waals surface area contributed by atoms with Crippen LogP contribution in [0.25, 0.3) is 0 Å². The molecule has 1 amide bonds. The van der Waals surface area contributed by atoms with Gasteiger partial charge in [0.2, 0.25) is 5.91 Å². The predicted octanol–water partition coefficient (Wildman–Crippen LogP) is 2.01. The van der Waals surface area contributed by atoms with Crippen molar-refractivity contribution in [2.75, 3.05) is 38.6 Å². The van der Waals surface area contributed by atoms with Gasteiger partial charge in [-0.25, -0.2) is 0 Å². The van der Waals surface area contributed by atoms with E-state index in [0.717, 1.165) is 31.8 Å². The van der Waals surface area contributed by atoms with Crippen LogP contribution in [0.2, 0.25) is 0 Å². The van der Waals surface area contributed by atoms with E-state index in [1.54, 1.807) is 0 Å². The lowest BCUT2D eigenvalue weighted by Gasteiger charge is -2.34. The van der Waals surface area contributed by atoms with Crippen LogP contribution in [0.1, 0.15) is 13.3 Å². The number of morpholine rings is 1. The van der Waals surface area contributed by atoms with Crippen LogP contribution in [0, 0.1) is 0 Å². The average Bonchev–Trinajstić information content (AvgIpc) is 2.54. The molecule has 0 aromatic heterocycles. The maximum Gasteiger partial charge on any atom is 0.239 e. The van der Waals surface area contributed by atoms with Crippen LogP contribution in [0.5, 0.6) is 0 Å². The van der Waals surface area contributed by atoms with E-state index in [-0.39, 0.29) is 11.9 Å². The second-order valence-electron chi connectivity index (χ2n) is 5.08. The summed E-state index contributed by atoms with van der Waals surface area (Å²) in [4.78, 5) is 15.7. The molecule has 0 radical (unpaired) electrons. The van der Waals surface area contributed by atoms with Crippen molar-refractivity contribution in [3.63, 3.8) is 0 Å². The predicted molar refractivity (Wildman–Crippen MR) is 86.6 cm³/mol. The highest BCUT2D eigenvalue weighted by molar-refractivity contribution is 7.99. The molecular formula is C16H24N2O2S. The third kappa shape index (κ3) is 5.34. The number of ether oxygens (including phenoxy) is 1. The number of nitrogens with one attached hydrogen (secondary N) is 1. The molecule has 1 saturated heterocycles. The first kappa shape index (κ1) is 16.3. The summed E-state index contributed by atoms with van der Waals surface area (Å²) >= 11 is 1.83. The van der Waals surface area contributed by atoms with E-state index in [4.69, 9.17) is 4.74 Å². The van der Waals surface area contributed by atoms with Crippen molar-refractivity contribution >= 4 is 17.7 Å². The largest absolute Gasteiger partial charge is 0.378 e. The summed E-state index contributed by atoms with van der Waals surface area (Å²) in [5, 5.41) is 2.97. The summed E-state index contributed by atoms with van der Waals surface area (Å²) in [5.41, 5.74) is 0. The number of hydrogen-bond acceptors (Lipinski definition) is 4. The fourth-order valence-corrected chi connectivity index (χ4v) is 3.22. The molecule has 1 atom stereocenters. The van der Waals surface area contributed by atoms with Crippen molar-refractivity contribution < 1.29 is 9.53 Å². The average molecular weight is 308 g/mol. The van der Waals surface area contributed by atoms with Gasteiger partial charge in [-0.1, -0.05) is 25.1 Å². The summed E-state index contributed by atoms with van der Waals surface area (Å²) in [7, 11) is 0. The Kier molecular flexibility index (Phi) is 7.06. The highest BCUT2D eigenvalue weighted by Gasteiger charge is 2.28. The van der Waals surface area contributed by atoms with E-state index in [2.05, 4.69) is 41.4 Å². The van der Waals surface area contributed by atoms with Gasteiger partial charge in [-0.3, -0.25) is 9.69 Å². The molecule has 21 heavy (non-hydrogen) atoms. The first-order valence-corrected chi connectivity index (χ1v) is 8.57. The van der Waals surface area contributed by atoms with Crippen molar-refractivity contribution in [1.82, 2.24) is 10.2 Å². The van der Waals surface area contributed by atoms with Crippen molar-refractivity contribution in [1.29, 1.82) is 0 Å². The Hall–Kier alpha value is -1.04. The van der Waals surface area contributed by atoms with Gasteiger partial charge in [0.1, 0.15) is 6.04 Å². The monoisotopic (exact) mass is 308 g/mol. The molecule has 1 heterocycles.